The molecule has 3 aliphatic heterocycles. The highest BCUT2D eigenvalue weighted by atomic mass is 16.6. The van der Waals surface area contributed by atoms with E-state index in [1.165, 1.54) is 0 Å². The second kappa shape index (κ2) is 17.3. The topological polar surface area (TPSA) is 164 Å². The quantitative estimate of drug-likeness (QED) is 0.314. The summed E-state index contributed by atoms with van der Waals surface area (Å²) in [6.07, 6.45) is 5.13. The second-order valence-electron chi connectivity index (χ2n) is 12.8. The van der Waals surface area contributed by atoms with Gasteiger partial charge >= 0.3 is 6.09 Å². The summed E-state index contributed by atoms with van der Waals surface area (Å²) in [5.74, 6) is -0.674. The fourth-order valence-corrected chi connectivity index (χ4v) is 6.65. The zero-order valence-corrected chi connectivity index (χ0v) is 27.3. The lowest BCUT2D eigenvalue weighted by molar-refractivity contribution is -0.124. The van der Waals surface area contributed by atoms with Gasteiger partial charge < -0.3 is 40.2 Å². The van der Waals surface area contributed by atoms with Crippen LogP contribution in [0.15, 0.2) is 34.9 Å². The molecule has 256 valence electrons. The fraction of sp³-hybridized carbons (Fsp3) is 0.618. The highest BCUT2D eigenvalue weighted by Gasteiger charge is 2.34. The molecule has 3 atom stereocenters. The van der Waals surface area contributed by atoms with Crippen LogP contribution in [-0.2, 0) is 32.2 Å². The van der Waals surface area contributed by atoms with Crippen LogP contribution in [0, 0.1) is 18.8 Å². The Morgan fingerprint density at radius 2 is 1.85 bits per heavy atom. The maximum Gasteiger partial charge on any atom is 0.410 e. The minimum absolute atomic E-state index is 0.00455. The number of hydrogen-bond donors (Lipinski definition) is 4. The molecule has 1 aromatic carbocycles. The monoisotopic (exact) mass is 652 g/mol. The molecule has 4 heterocycles. The molecule has 13 heteroatoms. The van der Waals surface area contributed by atoms with Gasteiger partial charge in [0.25, 0.3) is 5.91 Å². The molecule has 2 aromatic rings. The number of aryl methyl sites for hydroxylation is 1. The van der Waals surface area contributed by atoms with E-state index in [9.17, 15) is 19.2 Å². The number of likely N-dealkylation sites (tertiary alicyclic amines) is 1. The number of nitrogens with one attached hydrogen (secondary N) is 4. The number of carbonyl (C=O) groups is 4. The van der Waals surface area contributed by atoms with Gasteiger partial charge in [-0.25, -0.2) is 4.79 Å². The van der Waals surface area contributed by atoms with Crippen LogP contribution >= 0.6 is 0 Å². The Hall–Kier alpha value is -3.97. The number of unbranched alkanes of at least 4 members (excludes halogenated alkanes) is 1. The first-order chi connectivity index (χ1) is 22.9. The Balaban J connectivity index is 1.22. The Morgan fingerprint density at radius 1 is 1.04 bits per heavy atom. The third kappa shape index (κ3) is 10.0. The first-order valence-corrected chi connectivity index (χ1v) is 16.9. The first kappa shape index (κ1) is 34.4. The molecule has 0 saturated carbocycles. The van der Waals surface area contributed by atoms with E-state index in [0.717, 1.165) is 51.0 Å². The Labute approximate surface area is 275 Å². The zero-order valence-electron chi connectivity index (χ0n) is 27.3. The van der Waals surface area contributed by atoms with Crippen LogP contribution < -0.4 is 21.3 Å². The SMILES string of the molecule is Cc1noc2c1C(=O)N[C@@H](CCCCNC1CCOCC1)C(=O)NCC[C@H]1CN(C(=O)OCc3ccccc3)CC[C@H]1CC(=O)NC2. The zero-order chi connectivity index (χ0) is 33.0. The van der Waals surface area contributed by atoms with E-state index >= 15 is 0 Å². The molecule has 0 spiro atoms. The Kier molecular flexibility index (Phi) is 12.6. The summed E-state index contributed by atoms with van der Waals surface area (Å²) in [6, 6.07) is 9.22. The minimum atomic E-state index is -0.751. The molecule has 4 amide bonds. The molecular weight excluding hydrogens is 604 g/mol. The van der Waals surface area contributed by atoms with Crippen molar-refractivity contribution in [3.05, 3.63) is 52.9 Å². The van der Waals surface area contributed by atoms with Gasteiger partial charge in [0.1, 0.15) is 18.2 Å². The summed E-state index contributed by atoms with van der Waals surface area (Å²) >= 11 is 0. The number of amides is 4. The number of hydrogen-bond acceptors (Lipinski definition) is 9. The van der Waals surface area contributed by atoms with E-state index in [2.05, 4.69) is 26.4 Å². The molecule has 0 unspecified atom stereocenters. The van der Waals surface area contributed by atoms with Gasteiger partial charge in [-0.05, 0) is 75.8 Å². The molecule has 0 bridgehead atoms. The molecular formula is C34H48N6O7. The standard InChI is InChI=1S/C34H48N6O7/c1-23-31-29(47-39-23)20-37-30(41)19-25-11-16-40(34(44)46-22-24-7-3-2-4-8-24)21-26(25)10-15-36-32(42)28(38-33(31)43)9-5-6-14-35-27-12-17-45-18-13-27/h2-4,7-8,25-28,35H,5-6,9-22H2,1H3,(H,36,42)(H,37,41)(H,38,43)/t25-,26-,28-/m0/s1. The normalized spacial score (nSPS) is 23.3. The predicted octanol–water partition coefficient (Wildman–Crippen LogP) is 2.82. The van der Waals surface area contributed by atoms with Gasteiger partial charge in [0.05, 0.1) is 12.2 Å². The number of piperidine rings is 1. The van der Waals surface area contributed by atoms with E-state index in [0.29, 0.717) is 50.6 Å². The van der Waals surface area contributed by atoms with Crippen molar-refractivity contribution in [3.8, 4) is 0 Å². The minimum Gasteiger partial charge on any atom is -0.445 e. The molecule has 2 fully saturated rings. The highest BCUT2D eigenvalue weighted by molar-refractivity contribution is 5.99. The van der Waals surface area contributed by atoms with Crippen molar-refractivity contribution in [1.82, 2.24) is 31.3 Å². The van der Waals surface area contributed by atoms with Gasteiger partial charge in [-0.1, -0.05) is 35.5 Å². The van der Waals surface area contributed by atoms with Crippen molar-refractivity contribution in [1.29, 1.82) is 0 Å². The van der Waals surface area contributed by atoms with E-state index in [1.807, 2.05) is 30.3 Å². The van der Waals surface area contributed by atoms with Gasteiger partial charge in [0.15, 0.2) is 5.76 Å². The van der Waals surface area contributed by atoms with Crippen LogP contribution in [0.2, 0.25) is 0 Å². The van der Waals surface area contributed by atoms with Gasteiger partial charge in [-0.15, -0.1) is 0 Å². The lowest BCUT2D eigenvalue weighted by Crippen LogP contribution is -2.48. The summed E-state index contributed by atoms with van der Waals surface area (Å²) in [4.78, 5) is 54.7. The van der Waals surface area contributed by atoms with E-state index in [4.69, 9.17) is 14.0 Å². The van der Waals surface area contributed by atoms with E-state index in [1.54, 1.807) is 11.8 Å². The van der Waals surface area contributed by atoms with Gasteiger partial charge in [0, 0.05) is 45.3 Å². The molecule has 13 nitrogen and oxygen atoms in total. The third-order valence-electron chi connectivity index (χ3n) is 9.42. The molecule has 0 radical (unpaired) electrons. The van der Waals surface area contributed by atoms with Crippen molar-refractivity contribution >= 4 is 23.8 Å². The van der Waals surface area contributed by atoms with Crippen molar-refractivity contribution < 1.29 is 33.2 Å². The number of nitrogens with zero attached hydrogens (tertiary/aromatic N) is 2. The maximum atomic E-state index is 13.5. The van der Waals surface area contributed by atoms with Crippen LogP contribution in [0.5, 0.6) is 0 Å². The molecule has 1 aromatic heterocycles. The molecule has 5 rings (SSSR count). The van der Waals surface area contributed by atoms with E-state index in [-0.39, 0.29) is 60.6 Å². The molecule has 3 aliphatic rings. The van der Waals surface area contributed by atoms with Crippen LogP contribution in [0.25, 0.3) is 0 Å². The second-order valence-corrected chi connectivity index (χ2v) is 12.8. The lowest BCUT2D eigenvalue weighted by atomic mass is 9.81. The van der Waals surface area contributed by atoms with Crippen molar-refractivity contribution in [2.45, 2.75) is 83.5 Å². The summed E-state index contributed by atoms with van der Waals surface area (Å²) in [7, 11) is 0. The molecule has 47 heavy (non-hydrogen) atoms. The third-order valence-corrected chi connectivity index (χ3v) is 9.42. The first-order valence-electron chi connectivity index (χ1n) is 16.9. The van der Waals surface area contributed by atoms with Crippen molar-refractivity contribution in [2.75, 3.05) is 39.4 Å². The molecule has 0 aliphatic carbocycles. The van der Waals surface area contributed by atoms with Crippen molar-refractivity contribution in [3.63, 3.8) is 0 Å². The number of benzene rings is 1. The Bertz CT molecular complexity index is 1350. The summed E-state index contributed by atoms with van der Waals surface area (Å²) < 4.78 is 16.4. The summed E-state index contributed by atoms with van der Waals surface area (Å²) in [5.41, 5.74) is 1.54. The highest BCUT2D eigenvalue weighted by Crippen LogP contribution is 2.30. The average Bonchev–Trinajstić information content (AvgIpc) is 3.46. The summed E-state index contributed by atoms with van der Waals surface area (Å²) in [5, 5.41) is 16.4. The van der Waals surface area contributed by atoms with Crippen molar-refractivity contribution in [2.24, 2.45) is 11.8 Å². The number of aromatic nitrogens is 1. The van der Waals surface area contributed by atoms with E-state index < -0.39 is 11.9 Å². The van der Waals surface area contributed by atoms with Crippen LogP contribution in [-0.4, -0.2) is 85.3 Å². The van der Waals surface area contributed by atoms with Crippen LogP contribution in [0.1, 0.15) is 78.7 Å². The van der Waals surface area contributed by atoms with Gasteiger partial charge in [0.2, 0.25) is 11.8 Å². The maximum absolute atomic E-state index is 13.5. The number of ether oxygens (including phenoxy) is 2. The fourth-order valence-electron chi connectivity index (χ4n) is 6.65. The number of carbonyl (C=O) groups excluding carboxylic acids is 4. The average molecular weight is 653 g/mol. The summed E-state index contributed by atoms with van der Waals surface area (Å²) in [6.45, 7) is 5.49. The Morgan fingerprint density at radius 3 is 2.66 bits per heavy atom. The van der Waals surface area contributed by atoms with Crippen LogP contribution in [0.3, 0.4) is 0 Å². The molecule has 2 saturated heterocycles. The smallest absolute Gasteiger partial charge is 0.410 e. The lowest BCUT2D eigenvalue weighted by Gasteiger charge is -2.38. The largest absolute Gasteiger partial charge is 0.445 e. The number of rotatable bonds is 8. The van der Waals surface area contributed by atoms with Gasteiger partial charge in [-0.2, -0.15) is 0 Å². The van der Waals surface area contributed by atoms with Gasteiger partial charge in [-0.3, -0.25) is 14.4 Å². The number of fused-ring (bicyclic) bond motifs is 2. The predicted molar refractivity (Wildman–Crippen MR) is 172 cm³/mol. The molecule has 4 N–H and O–H groups in total. The van der Waals surface area contributed by atoms with Crippen LogP contribution in [0.4, 0.5) is 4.79 Å².